The van der Waals surface area contributed by atoms with Crippen LogP contribution in [0.2, 0.25) is 0 Å². The normalized spacial score (nSPS) is 11.4. The van der Waals surface area contributed by atoms with Gasteiger partial charge in [-0.25, -0.2) is 0 Å². The van der Waals surface area contributed by atoms with E-state index in [0.717, 1.165) is 0 Å². The van der Waals surface area contributed by atoms with E-state index in [9.17, 15) is 0 Å². The van der Waals surface area contributed by atoms with Crippen LogP contribution in [0.5, 0.6) is 0 Å². The van der Waals surface area contributed by atoms with E-state index in [1.165, 1.54) is 16.4 Å². The first-order valence-corrected chi connectivity index (χ1v) is 5.51. The zero-order valence-corrected chi connectivity index (χ0v) is 9.58. The molecule has 0 fully saturated rings. The second-order valence-electron chi connectivity index (χ2n) is 3.38. The van der Waals surface area contributed by atoms with Crippen molar-refractivity contribution < 1.29 is 0 Å². The quantitative estimate of drug-likeness (QED) is 0.520. The first kappa shape index (κ1) is 10.1. The molecule has 0 saturated carbocycles. The Bertz CT molecular complexity index is 443. The molecule has 0 radical (unpaired) electrons. The van der Waals surface area contributed by atoms with Crippen molar-refractivity contribution >= 4 is 20.6 Å². The van der Waals surface area contributed by atoms with Gasteiger partial charge in [0.2, 0.25) is 0 Å². The highest BCUT2D eigenvalue weighted by molar-refractivity contribution is 7.32. The van der Waals surface area contributed by atoms with Crippen LogP contribution in [0.1, 0.15) is 11.1 Å². The molecule has 0 bridgehead atoms. The van der Waals surface area contributed by atoms with E-state index in [0.29, 0.717) is 0 Å². The molecule has 74 valence electrons. The summed E-state index contributed by atoms with van der Waals surface area (Å²) in [5, 5.41) is 1.21. The monoisotopic (exact) mass is 212 g/mol. The van der Waals surface area contributed by atoms with Crippen molar-refractivity contribution in [1.82, 2.24) is 0 Å². The second kappa shape index (κ2) is 4.91. The topological polar surface area (TPSA) is 0 Å². The Morgan fingerprint density at radius 1 is 0.800 bits per heavy atom. The summed E-state index contributed by atoms with van der Waals surface area (Å²) >= 11 is 0. The summed E-state index contributed by atoms with van der Waals surface area (Å²) in [4.78, 5) is 0. The molecule has 1 unspecified atom stereocenters. The van der Waals surface area contributed by atoms with Gasteiger partial charge >= 0.3 is 0 Å². The van der Waals surface area contributed by atoms with Crippen LogP contribution in [0.15, 0.2) is 60.7 Å². The Hall–Kier alpha value is -1.39. The summed E-state index contributed by atoms with van der Waals surface area (Å²) in [7, 11) is 2.78. The van der Waals surface area contributed by atoms with Crippen molar-refractivity contribution in [2.45, 2.75) is 0 Å². The lowest BCUT2D eigenvalue weighted by atomic mass is 10.1. The molecular weight excluding hydrogens is 199 g/mol. The van der Waals surface area contributed by atoms with E-state index in [1.54, 1.807) is 0 Å². The van der Waals surface area contributed by atoms with Gasteiger partial charge in [0, 0.05) is 0 Å². The van der Waals surface area contributed by atoms with Gasteiger partial charge in [-0.1, -0.05) is 60.7 Å². The molecule has 0 aliphatic heterocycles. The highest BCUT2D eigenvalue weighted by Gasteiger charge is 1.93. The molecule has 2 aromatic carbocycles. The summed E-state index contributed by atoms with van der Waals surface area (Å²) in [6.07, 6.45) is 2.17. The first-order valence-electron chi connectivity index (χ1n) is 4.94. The molecule has 15 heavy (non-hydrogen) atoms. The molecule has 0 amide bonds. The van der Waals surface area contributed by atoms with Crippen molar-refractivity contribution in [3.63, 3.8) is 0 Å². The fourth-order valence-electron chi connectivity index (χ4n) is 1.44. The van der Waals surface area contributed by atoms with Crippen LogP contribution in [0.3, 0.4) is 0 Å². The van der Waals surface area contributed by atoms with Gasteiger partial charge in [-0.3, -0.25) is 0 Å². The average molecular weight is 212 g/mol. The second-order valence-corrected chi connectivity index (χ2v) is 4.00. The number of benzene rings is 2. The van der Waals surface area contributed by atoms with Gasteiger partial charge < -0.3 is 0 Å². The molecule has 2 aromatic rings. The predicted octanol–water partition coefficient (Wildman–Crippen LogP) is 4.06. The summed E-state index contributed by atoms with van der Waals surface area (Å²) < 4.78 is 0. The maximum Gasteiger partial charge on any atom is -0.0185 e. The van der Waals surface area contributed by atoms with Gasteiger partial charge in [-0.2, -0.15) is 0 Å². The van der Waals surface area contributed by atoms with Crippen molar-refractivity contribution in [3.05, 3.63) is 71.8 Å². The minimum atomic E-state index is 1.21. The molecule has 0 aliphatic rings. The van der Waals surface area contributed by atoms with Crippen molar-refractivity contribution in [2.24, 2.45) is 0 Å². The number of hydrogen-bond acceptors (Lipinski definition) is 0. The fraction of sp³-hybridized carbons (Fsp3) is 0. The third kappa shape index (κ3) is 2.78. The summed E-state index contributed by atoms with van der Waals surface area (Å²) in [5.74, 6) is 0. The minimum absolute atomic E-state index is 1.21. The maximum atomic E-state index is 2.78. The molecule has 0 aromatic heterocycles. The van der Waals surface area contributed by atoms with E-state index in [2.05, 4.69) is 63.8 Å². The zero-order valence-electron chi connectivity index (χ0n) is 8.43. The lowest BCUT2D eigenvalue weighted by molar-refractivity contribution is 1.64. The smallest absolute Gasteiger partial charge is 0.0185 e. The average Bonchev–Trinajstić information content (AvgIpc) is 2.31. The van der Waals surface area contributed by atoms with Crippen molar-refractivity contribution in [3.8, 4) is 0 Å². The largest absolute Gasteiger partial charge is 0.105 e. The van der Waals surface area contributed by atoms with E-state index >= 15 is 0 Å². The molecule has 0 spiro atoms. The molecule has 1 heteroatoms. The zero-order chi connectivity index (χ0) is 10.5. The minimum Gasteiger partial charge on any atom is -0.105 e. The lowest BCUT2D eigenvalue weighted by Gasteiger charge is -2.00. The summed E-state index contributed by atoms with van der Waals surface area (Å²) in [6, 6.07) is 20.7. The van der Waals surface area contributed by atoms with E-state index in [-0.39, 0.29) is 0 Å². The Morgan fingerprint density at radius 3 is 1.93 bits per heavy atom. The SMILES string of the molecule is PC(=Cc1ccccc1)c1ccccc1. The Labute approximate surface area is 92.9 Å². The van der Waals surface area contributed by atoms with Gasteiger partial charge in [0.25, 0.3) is 0 Å². The van der Waals surface area contributed by atoms with E-state index in [1.807, 2.05) is 12.1 Å². The van der Waals surface area contributed by atoms with Crippen LogP contribution in [0.25, 0.3) is 11.4 Å². The fourth-order valence-corrected chi connectivity index (χ4v) is 1.83. The van der Waals surface area contributed by atoms with Gasteiger partial charge in [0.1, 0.15) is 0 Å². The highest BCUT2D eigenvalue weighted by Crippen LogP contribution is 2.23. The van der Waals surface area contributed by atoms with Crippen LogP contribution in [-0.2, 0) is 0 Å². The first-order chi connectivity index (χ1) is 7.36. The molecule has 2 rings (SSSR count). The number of hydrogen-bond donors (Lipinski definition) is 0. The van der Waals surface area contributed by atoms with Crippen LogP contribution in [0, 0.1) is 0 Å². The highest BCUT2D eigenvalue weighted by atomic mass is 31.0. The molecule has 0 N–H and O–H groups in total. The molecule has 0 nitrogen and oxygen atoms in total. The van der Waals surface area contributed by atoms with Crippen molar-refractivity contribution in [1.29, 1.82) is 0 Å². The standard InChI is InChI=1S/C14H13P/c15-14(13-9-5-2-6-10-13)11-12-7-3-1-4-8-12/h1-11H,15H2. The molecule has 0 aliphatic carbocycles. The van der Waals surface area contributed by atoms with Crippen LogP contribution < -0.4 is 0 Å². The van der Waals surface area contributed by atoms with Gasteiger partial charge in [-0.15, -0.1) is 9.24 Å². The molecule has 0 heterocycles. The van der Waals surface area contributed by atoms with Crippen molar-refractivity contribution in [2.75, 3.05) is 0 Å². The van der Waals surface area contributed by atoms with E-state index < -0.39 is 0 Å². The molecule has 1 atom stereocenters. The van der Waals surface area contributed by atoms with Gasteiger partial charge in [0.05, 0.1) is 0 Å². The Kier molecular flexibility index (Phi) is 3.32. The lowest BCUT2D eigenvalue weighted by Crippen LogP contribution is -1.75. The van der Waals surface area contributed by atoms with Gasteiger partial charge in [-0.05, 0) is 22.5 Å². The third-order valence-corrected chi connectivity index (χ3v) is 2.73. The Morgan fingerprint density at radius 2 is 1.33 bits per heavy atom. The molecule has 0 saturated heterocycles. The third-order valence-electron chi connectivity index (χ3n) is 2.23. The van der Waals surface area contributed by atoms with Crippen LogP contribution in [-0.4, -0.2) is 0 Å². The van der Waals surface area contributed by atoms with E-state index in [4.69, 9.17) is 0 Å². The number of rotatable bonds is 2. The van der Waals surface area contributed by atoms with Gasteiger partial charge in [0.15, 0.2) is 0 Å². The molecular formula is C14H13P. The predicted molar refractivity (Wildman–Crippen MR) is 70.5 cm³/mol. The summed E-state index contributed by atoms with van der Waals surface area (Å²) in [6.45, 7) is 0. The Balaban J connectivity index is 2.29. The summed E-state index contributed by atoms with van der Waals surface area (Å²) in [5.41, 5.74) is 2.47. The van der Waals surface area contributed by atoms with Crippen LogP contribution in [0.4, 0.5) is 0 Å². The maximum absolute atomic E-state index is 2.78. The van der Waals surface area contributed by atoms with Crippen LogP contribution >= 0.6 is 9.24 Å².